The van der Waals surface area contributed by atoms with Gasteiger partial charge in [0, 0.05) is 18.6 Å². The Morgan fingerprint density at radius 2 is 2.00 bits per heavy atom. The van der Waals surface area contributed by atoms with Crippen LogP contribution in [0, 0.1) is 3.57 Å². The summed E-state index contributed by atoms with van der Waals surface area (Å²) in [7, 11) is 0. The zero-order chi connectivity index (χ0) is 14.7. The van der Waals surface area contributed by atoms with Gasteiger partial charge in [-0.1, -0.05) is 27.5 Å². The van der Waals surface area contributed by atoms with Crippen molar-refractivity contribution in [1.82, 2.24) is 0 Å². The predicted octanol–water partition coefficient (Wildman–Crippen LogP) is 5.19. The zero-order valence-corrected chi connectivity index (χ0v) is 15.2. The summed E-state index contributed by atoms with van der Waals surface area (Å²) in [6, 6.07) is 11.1. The molecule has 0 saturated carbocycles. The van der Waals surface area contributed by atoms with Crippen molar-refractivity contribution in [3.63, 3.8) is 0 Å². The number of aliphatic hydroxyl groups is 1. The van der Waals surface area contributed by atoms with Gasteiger partial charge in [0.1, 0.15) is 11.9 Å². The van der Waals surface area contributed by atoms with Crippen molar-refractivity contribution in [2.75, 3.05) is 6.61 Å². The molecule has 0 fully saturated rings. The van der Waals surface area contributed by atoms with E-state index in [4.69, 9.17) is 16.3 Å². The molecule has 0 amide bonds. The van der Waals surface area contributed by atoms with Gasteiger partial charge in [-0.3, -0.25) is 0 Å². The van der Waals surface area contributed by atoms with Crippen LogP contribution in [0.5, 0.6) is 5.75 Å². The Balaban J connectivity index is 2.49. The molecule has 0 aliphatic rings. The van der Waals surface area contributed by atoms with E-state index in [1.807, 2.05) is 37.3 Å². The van der Waals surface area contributed by atoms with Crippen molar-refractivity contribution in [2.45, 2.75) is 13.0 Å². The second kappa shape index (κ2) is 7.11. The number of rotatable bonds is 4. The van der Waals surface area contributed by atoms with Gasteiger partial charge in [0.15, 0.2) is 0 Å². The minimum Gasteiger partial charge on any atom is -0.493 e. The molecule has 0 radical (unpaired) electrons. The molecule has 1 unspecified atom stereocenters. The summed E-state index contributed by atoms with van der Waals surface area (Å²) < 4.78 is 7.44. The summed E-state index contributed by atoms with van der Waals surface area (Å²) in [6.07, 6.45) is -0.778. The molecule has 2 nitrogen and oxygen atoms in total. The lowest BCUT2D eigenvalue weighted by Gasteiger charge is -2.18. The maximum Gasteiger partial charge on any atom is 0.125 e. The van der Waals surface area contributed by atoms with Gasteiger partial charge in [0.05, 0.1) is 6.61 Å². The highest BCUT2D eigenvalue weighted by Gasteiger charge is 2.19. The van der Waals surface area contributed by atoms with Gasteiger partial charge in [-0.2, -0.15) is 0 Å². The van der Waals surface area contributed by atoms with E-state index in [1.54, 1.807) is 6.07 Å². The first kappa shape index (κ1) is 16.1. The maximum atomic E-state index is 10.7. The van der Waals surface area contributed by atoms with Gasteiger partial charge in [-0.15, -0.1) is 0 Å². The first-order valence-corrected chi connectivity index (χ1v) is 8.33. The smallest absolute Gasteiger partial charge is 0.125 e. The topological polar surface area (TPSA) is 29.5 Å². The summed E-state index contributed by atoms with van der Waals surface area (Å²) in [4.78, 5) is 0. The molecule has 5 heteroatoms. The largest absolute Gasteiger partial charge is 0.493 e. The number of hydrogen-bond acceptors (Lipinski definition) is 2. The van der Waals surface area contributed by atoms with Crippen molar-refractivity contribution < 1.29 is 9.84 Å². The Bertz CT molecular complexity index is 619. The van der Waals surface area contributed by atoms with Gasteiger partial charge < -0.3 is 9.84 Å². The average molecular weight is 468 g/mol. The Morgan fingerprint density at radius 1 is 1.25 bits per heavy atom. The molecule has 0 bridgehead atoms. The molecule has 2 rings (SSSR count). The summed E-state index contributed by atoms with van der Waals surface area (Å²) in [6.45, 7) is 2.47. The number of halogens is 3. The van der Waals surface area contributed by atoms with E-state index < -0.39 is 6.10 Å². The highest BCUT2D eigenvalue weighted by atomic mass is 127. The molecule has 0 saturated heterocycles. The number of benzene rings is 2. The SMILES string of the molecule is CCOc1ccc(Br)cc1C(O)c1cc(Cl)ccc1I. The lowest BCUT2D eigenvalue weighted by molar-refractivity contribution is 0.211. The summed E-state index contributed by atoms with van der Waals surface area (Å²) in [5, 5.41) is 11.3. The van der Waals surface area contributed by atoms with E-state index in [2.05, 4.69) is 38.5 Å². The number of ether oxygens (including phenoxy) is 1. The lowest BCUT2D eigenvalue weighted by Crippen LogP contribution is -2.05. The zero-order valence-electron chi connectivity index (χ0n) is 10.7. The normalized spacial score (nSPS) is 12.2. The molecule has 20 heavy (non-hydrogen) atoms. The molecular weight excluding hydrogens is 454 g/mol. The van der Waals surface area contributed by atoms with Crippen molar-refractivity contribution in [1.29, 1.82) is 0 Å². The molecule has 0 aliphatic carbocycles. The van der Waals surface area contributed by atoms with E-state index in [9.17, 15) is 5.11 Å². The molecule has 2 aromatic carbocycles. The summed E-state index contributed by atoms with van der Waals surface area (Å²) in [5.41, 5.74) is 1.50. The Hall–Kier alpha value is -0.300. The van der Waals surface area contributed by atoms with E-state index in [0.29, 0.717) is 17.4 Å². The second-order valence-corrected chi connectivity index (χ2v) is 6.70. The van der Waals surface area contributed by atoms with E-state index in [0.717, 1.165) is 19.2 Å². The van der Waals surface area contributed by atoms with E-state index in [1.165, 1.54) is 0 Å². The molecule has 0 aromatic heterocycles. The van der Waals surface area contributed by atoms with Crippen molar-refractivity contribution in [2.24, 2.45) is 0 Å². The minimum atomic E-state index is -0.778. The fraction of sp³-hybridized carbons (Fsp3) is 0.200. The number of hydrogen-bond donors (Lipinski definition) is 1. The second-order valence-electron chi connectivity index (χ2n) is 4.18. The maximum absolute atomic E-state index is 10.7. The van der Waals surface area contributed by atoms with Crippen LogP contribution in [0.1, 0.15) is 24.2 Å². The van der Waals surface area contributed by atoms with Crippen LogP contribution in [-0.4, -0.2) is 11.7 Å². The predicted molar refractivity (Wildman–Crippen MR) is 93.5 cm³/mol. The Kier molecular flexibility index (Phi) is 5.72. The standard InChI is InChI=1S/C15H13BrClIO2/c1-2-20-14-6-3-9(16)7-12(14)15(19)11-8-10(17)4-5-13(11)18/h3-8,15,19H,2H2,1H3. The van der Waals surface area contributed by atoms with Gasteiger partial charge in [-0.25, -0.2) is 0 Å². The van der Waals surface area contributed by atoms with Crippen molar-refractivity contribution in [3.05, 3.63) is 60.6 Å². The average Bonchev–Trinajstić information content (AvgIpc) is 2.43. The fourth-order valence-corrected chi connectivity index (χ4v) is 3.10. The third-order valence-corrected chi connectivity index (χ3v) is 4.53. The van der Waals surface area contributed by atoms with Gasteiger partial charge in [-0.05, 0) is 71.5 Å². The molecule has 1 N–H and O–H groups in total. The van der Waals surface area contributed by atoms with Crippen molar-refractivity contribution in [3.8, 4) is 5.75 Å². The van der Waals surface area contributed by atoms with Gasteiger partial charge in [0.2, 0.25) is 0 Å². The van der Waals surface area contributed by atoms with Crippen LogP contribution >= 0.6 is 50.1 Å². The van der Waals surface area contributed by atoms with Crippen LogP contribution in [0.25, 0.3) is 0 Å². The third-order valence-electron chi connectivity index (χ3n) is 2.82. The van der Waals surface area contributed by atoms with Crippen LogP contribution in [0.15, 0.2) is 40.9 Å². The highest BCUT2D eigenvalue weighted by molar-refractivity contribution is 14.1. The molecule has 0 aliphatic heterocycles. The van der Waals surface area contributed by atoms with Gasteiger partial charge in [0.25, 0.3) is 0 Å². The number of aliphatic hydroxyl groups excluding tert-OH is 1. The molecule has 0 spiro atoms. The van der Waals surface area contributed by atoms with E-state index in [-0.39, 0.29) is 0 Å². The molecule has 106 valence electrons. The Morgan fingerprint density at radius 3 is 2.70 bits per heavy atom. The minimum absolute atomic E-state index is 0.550. The molecule has 0 heterocycles. The quantitative estimate of drug-likeness (QED) is 0.628. The van der Waals surface area contributed by atoms with Crippen molar-refractivity contribution >= 4 is 50.1 Å². The first-order chi connectivity index (χ1) is 9.52. The van der Waals surface area contributed by atoms with Crippen LogP contribution < -0.4 is 4.74 Å². The van der Waals surface area contributed by atoms with Crippen LogP contribution in [0.3, 0.4) is 0 Å². The fourth-order valence-electron chi connectivity index (χ4n) is 1.91. The highest BCUT2D eigenvalue weighted by Crippen LogP contribution is 2.35. The summed E-state index contributed by atoms with van der Waals surface area (Å²) >= 11 is 11.6. The first-order valence-electron chi connectivity index (χ1n) is 6.08. The Labute approximate surface area is 145 Å². The lowest BCUT2D eigenvalue weighted by atomic mass is 10.0. The molecular formula is C15H13BrClIO2. The third kappa shape index (κ3) is 3.67. The van der Waals surface area contributed by atoms with E-state index >= 15 is 0 Å². The van der Waals surface area contributed by atoms with Crippen LogP contribution in [0.2, 0.25) is 5.02 Å². The summed E-state index contributed by atoms with van der Waals surface area (Å²) in [5.74, 6) is 0.680. The van der Waals surface area contributed by atoms with Gasteiger partial charge >= 0.3 is 0 Å². The van der Waals surface area contributed by atoms with Crippen LogP contribution in [0.4, 0.5) is 0 Å². The monoisotopic (exact) mass is 466 g/mol. The molecule has 1 atom stereocenters. The molecule has 2 aromatic rings. The van der Waals surface area contributed by atoms with Crippen LogP contribution in [-0.2, 0) is 0 Å².